The highest BCUT2D eigenvalue weighted by Gasteiger charge is 2.17. The molecule has 0 aliphatic rings. The third-order valence-corrected chi connectivity index (χ3v) is 6.20. The van der Waals surface area contributed by atoms with Gasteiger partial charge in [0, 0.05) is 0 Å². The number of benzene rings is 6. The summed E-state index contributed by atoms with van der Waals surface area (Å²) in [6.45, 7) is 0. The number of hydrogen-bond donors (Lipinski definition) is 0. The molecule has 0 nitrogen and oxygen atoms in total. The summed E-state index contributed by atoms with van der Waals surface area (Å²) in [5, 5.41) is 5.12. The quantitative estimate of drug-likeness (QED) is 0.258. The molecule has 0 bridgehead atoms. The summed E-state index contributed by atoms with van der Waals surface area (Å²) in [6, 6.07) is 48.5. The van der Waals surface area contributed by atoms with Crippen LogP contribution in [0.25, 0.3) is 54.9 Å². The molecule has 6 rings (SSSR count). The van der Waals surface area contributed by atoms with Crippen LogP contribution in [0.4, 0.5) is 0 Å². The van der Waals surface area contributed by atoms with Gasteiger partial charge in [-0.15, -0.1) is 0 Å². The molecule has 0 atom stereocenters. The van der Waals surface area contributed by atoms with Crippen molar-refractivity contribution in [1.29, 1.82) is 0 Å². The van der Waals surface area contributed by atoms with E-state index in [1.807, 2.05) is 12.1 Å². The predicted molar refractivity (Wildman–Crippen MR) is 137 cm³/mol. The molecule has 0 spiro atoms. The van der Waals surface area contributed by atoms with Crippen LogP contribution < -0.4 is 0 Å². The fraction of sp³-hybridized carbons (Fsp3) is 0. The lowest BCUT2D eigenvalue weighted by Gasteiger charge is -2.18. The van der Waals surface area contributed by atoms with E-state index in [-0.39, 0.29) is 0 Å². The molecule has 0 aromatic heterocycles. The van der Waals surface area contributed by atoms with Crippen LogP contribution in [0.1, 0.15) is 0 Å². The van der Waals surface area contributed by atoms with Gasteiger partial charge in [0.25, 0.3) is 0 Å². The molecule has 0 aliphatic heterocycles. The van der Waals surface area contributed by atoms with Gasteiger partial charge in [-0.2, -0.15) is 0 Å². The summed E-state index contributed by atoms with van der Waals surface area (Å²) in [5.41, 5.74) is 7.50. The molecule has 0 aliphatic carbocycles. The third kappa shape index (κ3) is 3.09. The summed E-state index contributed by atoms with van der Waals surface area (Å²) < 4.78 is 0. The Bertz CT molecular complexity index is 1530. The molecule has 0 amide bonds. The van der Waals surface area contributed by atoms with Gasteiger partial charge in [0.1, 0.15) is 0 Å². The first-order valence-electron chi connectivity index (χ1n) is 11.0. The maximum Gasteiger partial charge on any atom is -0.00262 e. The number of fused-ring (bicyclic) bond motifs is 2. The summed E-state index contributed by atoms with van der Waals surface area (Å²) >= 11 is 0. The van der Waals surface area contributed by atoms with E-state index in [2.05, 4.69) is 121 Å². The Balaban J connectivity index is 1.80. The first-order chi connectivity index (χ1) is 15.9. The Hall–Kier alpha value is -4.16. The average molecular weight is 406 g/mol. The first-order valence-corrected chi connectivity index (χ1v) is 11.0. The van der Waals surface area contributed by atoms with E-state index in [1.54, 1.807) is 0 Å². The molecule has 149 valence electrons. The zero-order valence-corrected chi connectivity index (χ0v) is 17.6. The molecule has 1 radical (unpaired) electrons. The standard InChI is InChI=1S/C32H21/c1-4-12-23(13-5-1)26-20-21-29-30(22-26)32(25-16-8-3-9-17-25)28-19-11-10-18-27(28)31(29)24-14-6-2-7-15-24/h2-22H. The van der Waals surface area contributed by atoms with Gasteiger partial charge in [-0.3, -0.25) is 0 Å². The molecule has 6 aromatic carbocycles. The molecule has 32 heavy (non-hydrogen) atoms. The number of hydrogen-bond acceptors (Lipinski definition) is 0. The summed E-state index contributed by atoms with van der Waals surface area (Å²) in [7, 11) is 0. The maximum absolute atomic E-state index is 3.13. The van der Waals surface area contributed by atoms with E-state index >= 15 is 0 Å². The van der Waals surface area contributed by atoms with Gasteiger partial charge in [0.15, 0.2) is 0 Å². The lowest BCUT2D eigenvalue weighted by molar-refractivity contribution is 1.62. The summed E-state index contributed by atoms with van der Waals surface area (Å²) in [4.78, 5) is 0. The van der Waals surface area contributed by atoms with Gasteiger partial charge in [-0.1, -0.05) is 121 Å². The topological polar surface area (TPSA) is 0 Å². The second kappa shape index (κ2) is 7.83. The molecule has 0 heteroatoms. The smallest absolute Gasteiger partial charge is 0.00262 e. The lowest BCUT2D eigenvalue weighted by Crippen LogP contribution is -1.91. The van der Waals surface area contributed by atoms with Crippen LogP contribution in [0.3, 0.4) is 0 Å². The van der Waals surface area contributed by atoms with Crippen molar-refractivity contribution in [1.82, 2.24) is 0 Å². The molecule has 0 saturated heterocycles. The van der Waals surface area contributed by atoms with Crippen LogP contribution in [0.5, 0.6) is 0 Å². The van der Waals surface area contributed by atoms with Crippen molar-refractivity contribution in [2.75, 3.05) is 0 Å². The van der Waals surface area contributed by atoms with Gasteiger partial charge in [0.05, 0.1) is 0 Å². The minimum atomic E-state index is 1.21. The fourth-order valence-corrected chi connectivity index (χ4v) is 4.77. The molecule has 6 aromatic rings. The van der Waals surface area contributed by atoms with E-state index in [0.29, 0.717) is 0 Å². The second-order valence-electron chi connectivity index (χ2n) is 8.08. The van der Waals surface area contributed by atoms with Gasteiger partial charge < -0.3 is 0 Å². The van der Waals surface area contributed by atoms with Crippen molar-refractivity contribution in [2.24, 2.45) is 0 Å². The maximum atomic E-state index is 3.13. The van der Waals surface area contributed by atoms with Crippen LogP contribution >= 0.6 is 0 Å². The van der Waals surface area contributed by atoms with Crippen LogP contribution in [0.2, 0.25) is 0 Å². The predicted octanol–water partition coefficient (Wildman–Crippen LogP) is 8.79. The Morgan fingerprint density at radius 2 is 0.844 bits per heavy atom. The Kier molecular flexibility index (Phi) is 4.55. The van der Waals surface area contributed by atoms with Crippen molar-refractivity contribution in [3.8, 4) is 33.4 Å². The molecule has 0 fully saturated rings. The normalized spacial score (nSPS) is 11.1. The van der Waals surface area contributed by atoms with Crippen LogP contribution in [-0.2, 0) is 0 Å². The molecule has 0 heterocycles. The van der Waals surface area contributed by atoms with E-state index in [9.17, 15) is 0 Å². The highest BCUT2D eigenvalue weighted by atomic mass is 14.2. The van der Waals surface area contributed by atoms with Crippen LogP contribution in [0.15, 0.2) is 127 Å². The fourth-order valence-electron chi connectivity index (χ4n) is 4.77. The van der Waals surface area contributed by atoms with Gasteiger partial charge in [-0.25, -0.2) is 0 Å². The largest absolute Gasteiger partial charge is 0.0622 e. The Morgan fingerprint density at radius 1 is 0.344 bits per heavy atom. The monoisotopic (exact) mass is 405 g/mol. The first kappa shape index (κ1) is 18.6. The zero-order valence-electron chi connectivity index (χ0n) is 17.6. The van der Waals surface area contributed by atoms with Crippen LogP contribution in [0, 0.1) is 6.07 Å². The van der Waals surface area contributed by atoms with E-state index in [1.165, 1.54) is 54.9 Å². The highest BCUT2D eigenvalue weighted by Crippen LogP contribution is 2.44. The minimum absolute atomic E-state index is 1.21. The molecule has 0 unspecified atom stereocenters. The Labute approximate surface area is 188 Å². The van der Waals surface area contributed by atoms with Gasteiger partial charge in [0.2, 0.25) is 0 Å². The van der Waals surface area contributed by atoms with E-state index < -0.39 is 0 Å². The average Bonchev–Trinajstić information content (AvgIpc) is 2.88. The highest BCUT2D eigenvalue weighted by molar-refractivity contribution is 6.21. The van der Waals surface area contributed by atoms with Crippen molar-refractivity contribution in [3.05, 3.63) is 133 Å². The molecule has 0 saturated carbocycles. The van der Waals surface area contributed by atoms with Gasteiger partial charge >= 0.3 is 0 Å². The summed E-state index contributed by atoms with van der Waals surface area (Å²) in [6.07, 6.45) is 0. The van der Waals surface area contributed by atoms with E-state index in [0.717, 1.165) is 0 Å². The van der Waals surface area contributed by atoms with Crippen molar-refractivity contribution in [3.63, 3.8) is 0 Å². The van der Waals surface area contributed by atoms with Crippen molar-refractivity contribution in [2.45, 2.75) is 0 Å². The minimum Gasteiger partial charge on any atom is -0.0622 e. The lowest BCUT2D eigenvalue weighted by atomic mass is 9.85. The molecular formula is C32H21. The van der Waals surface area contributed by atoms with Crippen molar-refractivity contribution >= 4 is 21.5 Å². The summed E-state index contributed by atoms with van der Waals surface area (Å²) in [5.74, 6) is 0. The molecule has 0 N–H and O–H groups in total. The second-order valence-corrected chi connectivity index (χ2v) is 8.08. The SMILES string of the molecule is [c]1ccc(-c2ccc3c(-c4ccccc4)c4ccccc4c(-c4ccccc4)c3c2)cc1. The van der Waals surface area contributed by atoms with Crippen LogP contribution in [-0.4, -0.2) is 0 Å². The van der Waals surface area contributed by atoms with Gasteiger partial charge in [-0.05, 0) is 67.1 Å². The molecular weight excluding hydrogens is 384 g/mol. The third-order valence-electron chi connectivity index (χ3n) is 6.20. The zero-order chi connectivity index (χ0) is 21.3. The van der Waals surface area contributed by atoms with Crippen molar-refractivity contribution < 1.29 is 0 Å². The van der Waals surface area contributed by atoms with E-state index in [4.69, 9.17) is 0 Å². The number of rotatable bonds is 3. The Morgan fingerprint density at radius 3 is 1.44 bits per heavy atom.